The van der Waals surface area contributed by atoms with Gasteiger partial charge in [-0.1, -0.05) is 12.1 Å². The van der Waals surface area contributed by atoms with Crippen molar-refractivity contribution in [3.63, 3.8) is 0 Å². The molecule has 1 aliphatic heterocycles. The molecule has 1 amide bonds. The molecular formula is C18H25N3O3S. The highest BCUT2D eigenvalue weighted by Crippen LogP contribution is 2.22. The number of carbonyl (C=O) groups is 1. The predicted molar refractivity (Wildman–Crippen MR) is 97.9 cm³/mol. The number of aromatic amines is 1. The van der Waals surface area contributed by atoms with Gasteiger partial charge in [0.15, 0.2) is 5.16 Å². The number of para-hydroxylation sites is 2. The summed E-state index contributed by atoms with van der Waals surface area (Å²) in [4.78, 5) is 21.4. The second-order valence-electron chi connectivity index (χ2n) is 7.48. The van der Waals surface area contributed by atoms with Crippen molar-refractivity contribution in [1.82, 2.24) is 14.9 Å². The van der Waals surface area contributed by atoms with Crippen LogP contribution >= 0.6 is 0 Å². The van der Waals surface area contributed by atoms with E-state index in [-0.39, 0.29) is 6.09 Å². The van der Waals surface area contributed by atoms with Gasteiger partial charge in [-0.3, -0.25) is 4.21 Å². The maximum atomic E-state index is 12.6. The van der Waals surface area contributed by atoms with E-state index in [1.54, 1.807) is 4.90 Å². The minimum absolute atomic E-state index is 0.260. The highest BCUT2D eigenvalue weighted by Gasteiger charge is 2.28. The van der Waals surface area contributed by atoms with Gasteiger partial charge in [0.1, 0.15) is 5.60 Å². The van der Waals surface area contributed by atoms with Gasteiger partial charge in [-0.25, -0.2) is 9.78 Å². The molecule has 0 radical (unpaired) electrons. The summed E-state index contributed by atoms with van der Waals surface area (Å²) in [6, 6.07) is 7.69. The minimum Gasteiger partial charge on any atom is -0.444 e. The zero-order valence-electron chi connectivity index (χ0n) is 14.9. The number of nitrogens with one attached hydrogen (secondary N) is 1. The Morgan fingerprint density at radius 2 is 2.00 bits per heavy atom. The summed E-state index contributed by atoms with van der Waals surface area (Å²) in [5.74, 6) is 0.898. The molecule has 0 saturated carbocycles. The van der Waals surface area contributed by atoms with Gasteiger partial charge < -0.3 is 14.6 Å². The van der Waals surface area contributed by atoms with E-state index >= 15 is 0 Å². The molecule has 0 aliphatic carbocycles. The molecular weight excluding hydrogens is 338 g/mol. The number of rotatable bonds is 3. The normalized spacial score (nSPS) is 17.6. The quantitative estimate of drug-likeness (QED) is 0.908. The summed E-state index contributed by atoms with van der Waals surface area (Å²) in [7, 11) is -1.15. The van der Waals surface area contributed by atoms with Gasteiger partial charge >= 0.3 is 6.09 Å². The van der Waals surface area contributed by atoms with Crippen LogP contribution in [0.25, 0.3) is 11.0 Å². The van der Waals surface area contributed by atoms with E-state index in [4.69, 9.17) is 4.74 Å². The van der Waals surface area contributed by atoms with Crippen LogP contribution in [0.4, 0.5) is 4.79 Å². The van der Waals surface area contributed by atoms with E-state index in [0.29, 0.717) is 29.9 Å². The lowest BCUT2D eigenvalue weighted by Crippen LogP contribution is -2.42. The fourth-order valence-corrected chi connectivity index (χ4v) is 4.28. The number of aromatic nitrogens is 2. The monoisotopic (exact) mass is 363 g/mol. The number of amides is 1. The number of nitrogens with zero attached hydrogens (tertiary/aromatic N) is 2. The molecule has 1 atom stereocenters. The number of imidazole rings is 1. The zero-order valence-corrected chi connectivity index (χ0v) is 15.8. The maximum absolute atomic E-state index is 12.6. The number of likely N-dealkylation sites (tertiary alicyclic amines) is 1. The lowest BCUT2D eigenvalue weighted by molar-refractivity contribution is 0.0191. The number of piperidine rings is 1. The Labute approximate surface area is 150 Å². The number of hydrogen-bond acceptors (Lipinski definition) is 4. The summed E-state index contributed by atoms with van der Waals surface area (Å²) < 4.78 is 18.0. The molecule has 136 valence electrons. The lowest BCUT2D eigenvalue weighted by atomic mass is 9.99. The van der Waals surface area contributed by atoms with Crippen LogP contribution in [0.5, 0.6) is 0 Å². The SMILES string of the molecule is CC(C)(C)OC(=O)N1CCC(C[S@@](=O)c2nc3ccccc3[nH]2)CC1. The molecule has 1 aromatic heterocycles. The van der Waals surface area contributed by atoms with Crippen LogP contribution in [0.15, 0.2) is 29.4 Å². The first-order chi connectivity index (χ1) is 11.8. The van der Waals surface area contributed by atoms with Crippen molar-refractivity contribution in [2.24, 2.45) is 5.92 Å². The molecule has 1 fully saturated rings. The molecule has 0 bridgehead atoms. The first-order valence-electron chi connectivity index (χ1n) is 8.63. The number of benzene rings is 1. The van der Waals surface area contributed by atoms with Gasteiger partial charge in [0.2, 0.25) is 0 Å². The van der Waals surface area contributed by atoms with Gasteiger partial charge in [-0.05, 0) is 51.7 Å². The van der Waals surface area contributed by atoms with Crippen LogP contribution in [0.2, 0.25) is 0 Å². The molecule has 1 saturated heterocycles. The number of ether oxygens (including phenoxy) is 1. The van der Waals surface area contributed by atoms with Gasteiger partial charge in [-0.2, -0.15) is 0 Å². The Hall–Kier alpha value is -1.89. The molecule has 25 heavy (non-hydrogen) atoms. The molecule has 3 rings (SSSR count). The Kier molecular flexibility index (Phi) is 5.13. The van der Waals surface area contributed by atoms with Crippen LogP contribution in [0, 0.1) is 5.92 Å². The second-order valence-corrected chi connectivity index (χ2v) is 8.89. The third kappa shape index (κ3) is 4.60. The average molecular weight is 363 g/mol. The summed E-state index contributed by atoms with van der Waals surface area (Å²) in [6.07, 6.45) is 1.42. The van der Waals surface area contributed by atoms with E-state index in [1.807, 2.05) is 45.0 Å². The Bertz CT molecular complexity index is 740. The molecule has 1 aliphatic rings. The van der Waals surface area contributed by atoms with Gasteiger partial charge in [0, 0.05) is 18.8 Å². The first-order valence-corrected chi connectivity index (χ1v) is 9.95. The minimum atomic E-state index is -1.15. The van der Waals surface area contributed by atoms with Crippen molar-refractivity contribution in [2.75, 3.05) is 18.8 Å². The molecule has 1 N–H and O–H groups in total. The number of carbonyl (C=O) groups excluding carboxylic acids is 1. The van der Waals surface area contributed by atoms with E-state index in [0.717, 1.165) is 23.9 Å². The van der Waals surface area contributed by atoms with Crippen molar-refractivity contribution in [1.29, 1.82) is 0 Å². The summed E-state index contributed by atoms with van der Waals surface area (Å²) in [5.41, 5.74) is 1.27. The smallest absolute Gasteiger partial charge is 0.410 e. The fourth-order valence-electron chi connectivity index (χ4n) is 2.94. The number of hydrogen-bond donors (Lipinski definition) is 1. The van der Waals surface area contributed by atoms with Crippen molar-refractivity contribution in [2.45, 2.75) is 44.4 Å². The van der Waals surface area contributed by atoms with Crippen molar-refractivity contribution < 1.29 is 13.7 Å². The van der Waals surface area contributed by atoms with Gasteiger partial charge in [0.25, 0.3) is 0 Å². The zero-order chi connectivity index (χ0) is 18.0. The maximum Gasteiger partial charge on any atom is 0.410 e. The van der Waals surface area contributed by atoms with Crippen molar-refractivity contribution >= 4 is 27.9 Å². The van der Waals surface area contributed by atoms with E-state index in [2.05, 4.69) is 9.97 Å². The number of fused-ring (bicyclic) bond motifs is 1. The van der Waals surface area contributed by atoms with Gasteiger partial charge in [-0.15, -0.1) is 0 Å². The predicted octanol–water partition coefficient (Wildman–Crippen LogP) is 3.32. The van der Waals surface area contributed by atoms with Crippen LogP contribution in [0.3, 0.4) is 0 Å². The number of H-pyrrole nitrogens is 1. The van der Waals surface area contributed by atoms with E-state index in [9.17, 15) is 9.00 Å². The highest BCUT2D eigenvalue weighted by atomic mass is 32.2. The summed E-state index contributed by atoms with van der Waals surface area (Å²) >= 11 is 0. The third-order valence-electron chi connectivity index (χ3n) is 4.24. The Morgan fingerprint density at radius 1 is 1.32 bits per heavy atom. The lowest BCUT2D eigenvalue weighted by Gasteiger charge is -2.33. The molecule has 2 heterocycles. The van der Waals surface area contributed by atoms with Crippen LogP contribution < -0.4 is 0 Å². The first kappa shape index (κ1) is 17.9. The molecule has 0 unspecified atom stereocenters. The highest BCUT2D eigenvalue weighted by molar-refractivity contribution is 7.84. The third-order valence-corrected chi connectivity index (χ3v) is 5.64. The summed E-state index contributed by atoms with van der Waals surface area (Å²) in [5, 5.41) is 0.538. The Morgan fingerprint density at radius 3 is 2.64 bits per heavy atom. The van der Waals surface area contributed by atoms with Crippen LogP contribution in [-0.4, -0.2) is 49.6 Å². The van der Waals surface area contributed by atoms with Crippen molar-refractivity contribution in [3.05, 3.63) is 24.3 Å². The van der Waals surface area contributed by atoms with Crippen molar-refractivity contribution in [3.8, 4) is 0 Å². The largest absolute Gasteiger partial charge is 0.444 e. The molecule has 0 spiro atoms. The van der Waals surface area contributed by atoms with Crippen LogP contribution in [0.1, 0.15) is 33.6 Å². The molecule has 6 nitrogen and oxygen atoms in total. The second kappa shape index (κ2) is 7.15. The summed E-state index contributed by atoms with van der Waals surface area (Å²) in [6.45, 7) is 6.91. The molecule has 7 heteroatoms. The average Bonchev–Trinajstić information content (AvgIpc) is 2.98. The molecule has 2 aromatic rings. The van der Waals surface area contributed by atoms with Crippen LogP contribution in [-0.2, 0) is 15.5 Å². The standard InChI is InChI=1S/C18H25N3O3S/c1-18(2,3)24-17(22)21-10-8-13(9-11-21)12-25(23)16-19-14-6-4-5-7-15(14)20-16/h4-7,13H,8-12H2,1-3H3,(H,19,20)/t25-/m1/s1. The topological polar surface area (TPSA) is 75.3 Å². The molecule has 1 aromatic carbocycles. The van der Waals surface area contributed by atoms with Gasteiger partial charge in [0.05, 0.1) is 21.8 Å². The fraction of sp³-hybridized carbons (Fsp3) is 0.556. The Balaban J connectivity index is 1.53. The van der Waals surface area contributed by atoms with E-state index in [1.165, 1.54) is 0 Å². The van der Waals surface area contributed by atoms with E-state index < -0.39 is 16.4 Å².